The number of rotatable bonds is 1. The van der Waals surface area contributed by atoms with Gasteiger partial charge in [0.1, 0.15) is 0 Å². The van der Waals surface area contributed by atoms with Crippen molar-refractivity contribution >= 4 is 11.8 Å². The van der Waals surface area contributed by atoms with Gasteiger partial charge >= 0.3 is 0 Å². The second-order valence-electron chi connectivity index (χ2n) is 8.90. The molecule has 2 fully saturated rings. The van der Waals surface area contributed by atoms with E-state index in [-0.39, 0.29) is 11.8 Å². The molecular formula is C23H23N3O2. The van der Waals surface area contributed by atoms with Crippen LogP contribution in [0.1, 0.15) is 45.6 Å². The van der Waals surface area contributed by atoms with E-state index in [0.717, 1.165) is 11.1 Å². The minimum Gasteiger partial charge on any atom is -0.296 e. The van der Waals surface area contributed by atoms with E-state index in [4.69, 9.17) is 0 Å². The second kappa shape index (κ2) is 6.27. The third-order valence-electron chi connectivity index (χ3n) is 5.88. The molecule has 0 spiro atoms. The van der Waals surface area contributed by atoms with Crippen molar-refractivity contribution in [2.45, 2.75) is 40.0 Å². The van der Waals surface area contributed by atoms with Gasteiger partial charge in [0.25, 0.3) is 0 Å². The first-order valence-corrected chi connectivity index (χ1v) is 9.48. The van der Waals surface area contributed by atoms with Crippen molar-refractivity contribution in [2.24, 2.45) is 16.2 Å². The highest BCUT2D eigenvalue weighted by Gasteiger charge is 2.58. The van der Waals surface area contributed by atoms with Crippen LogP contribution in [0.25, 0.3) is 11.4 Å². The average Bonchev–Trinajstić information content (AvgIpc) is 2.66. The van der Waals surface area contributed by atoms with Crippen molar-refractivity contribution in [3.8, 4) is 23.2 Å². The number of hydrogen-bond acceptors (Lipinski definition) is 4. The van der Waals surface area contributed by atoms with E-state index in [1.54, 1.807) is 18.5 Å². The zero-order chi connectivity index (χ0) is 20.0. The smallest absolute Gasteiger partial charge is 0.232 e. The maximum Gasteiger partial charge on any atom is 0.232 e. The monoisotopic (exact) mass is 373 g/mol. The van der Waals surface area contributed by atoms with Gasteiger partial charge in [-0.1, -0.05) is 25.7 Å². The van der Waals surface area contributed by atoms with Crippen molar-refractivity contribution < 1.29 is 9.59 Å². The molecule has 5 heteroatoms. The van der Waals surface area contributed by atoms with Gasteiger partial charge in [-0.3, -0.25) is 14.9 Å². The molecule has 5 nitrogen and oxygen atoms in total. The maximum atomic E-state index is 12.4. The van der Waals surface area contributed by atoms with Gasteiger partial charge in [-0.05, 0) is 56.5 Å². The van der Waals surface area contributed by atoms with Crippen molar-refractivity contribution in [1.82, 2.24) is 15.3 Å². The first-order valence-electron chi connectivity index (χ1n) is 9.48. The summed E-state index contributed by atoms with van der Waals surface area (Å²) in [5.74, 6) is 6.97. The molecule has 2 heterocycles. The molecule has 1 aliphatic heterocycles. The molecule has 1 aromatic heterocycles. The van der Waals surface area contributed by atoms with Gasteiger partial charge in [0.2, 0.25) is 11.8 Å². The Balaban J connectivity index is 1.60. The Labute approximate surface area is 165 Å². The van der Waals surface area contributed by atoms with Crippen molar-refractivity contribution in [1.29, 1.82) is 0 Å². The minimum absolute atomic E-state index is 0.171. The quantitative estimate of drug-likeness (QED) is 0.615. The van der Waals surface area contributed by atoms with Gasteiger partial charge < -0.3 is 0 Å². The predicted octanol–water partition coefficient (Wildman–Crippen LogP) is 3.35. The fraction of sp³-hybridized carbons (Fsp3) is 0.391. The number of benzene rings is 1. The molecule has 2 aromatic rings. The summed E-state index contributed by atoms with van der Waals surface area (Å²) in [5, 5.41) is 2.56. The normalized spacial score (nSPS) is 31.5. The maximum absolute atomic E-state index is 12.4. The van der Waals surface area contributed by atoms with Crippen LogP contribution in [-0.2, 0) is 9.59 Å². The van der Waals surface area contributed by atoms with E-state index in [9.17, 15) is 9.59 Å². The molecule has 2 unspecified atom stereocenters. The topological polar surface area (TPSA) is 72.0 Å². The Morgan fingerprint density at radius 2 is 1.46 bits per heavy atom. The number of nitrogens with one attached hydrogen (secondary N) is 1. The number of carbonyl (C=O) groups is 2. The van der Waals surface area contributed by atoms with Gasteiger partial charge in [-0.15, -0.1) is 0 Å². The van der Waals surface area contributed by atoms with Crippen LogP contribution in [-0.4, -0.2) is 21.8 Å². The summed E-state index contributed by atoms with van der Waals surface area (Å²) >= 11 is 0. The van der Waals surface area contributed by atoms with Crippen LogP contribution in [0.15, 0.2) is 42.7 Å². The summed E-state index contributed by atoms with van der Waals surface area (Å²) < 4.78 is 0. The lowest BCUT2D eigenvalue weighted by molar-refractivity contribution is -0.158. The molecule has 0 radical (unpaired) electrons. The lowest BCUT2D eigenvalue weighted by Crippen LogP contribution is -2.61. The Morgan fingerprint density at radius 1 is 0.893 bits per heavy atom. The van der Waals surface area contributed by atoms with Crippen molar-refractivity contribution in [3.05, 3.63) is 48.3 Å². The molecular weight excluding hydrogens is 350 g/mol. The molecule has 28 heavy (non-hydrogen) atoms. The van der Waals surface area contributed by atoms with Gasteiger partial charge in [-0.25, -0.2) is 9.97 Å². The number of aromatic nitrogens is 2. The molecule has 2 aliphatic rings. The lowest BCUT2D eigenvalue weighted by Gasteiger charge is -2.52. The standard InChI is InChI=1S/C23H23N3O2/c1-21(13-22(2)15-23(3,14-21)20(28)26-19(22)27)10-9-16-5-7-17(8-6-16)18-24-11-4-12-25-18/h4-8,11-12H,13-15H2,1-3H3,(H,26,27,28). The Kier molecular flexibility index (Phi) is 4.11. The first-order chi connectivity index (χ1) is 13.2. The van der Waals surface area contributed by atoms with Crippen LogP contribution in [0.3, 0.4) is 0 Å². The van der Waals surface area contributed by atoms with E-state index in [0.29, 0.717) is 25.1 Å². The molecule has 2 bridgehead atoms. The van der Waals surface area contributed by atoms with Gasteiger partial charge in [-0.2, -0.15) is 0 Å². The van der Waals surface area contributed by atoms with Gasteiger partial charge in [0.15, 0.2) is 5.82 Å². The number of imide groups is 1. The van der Waals surface area contributed by atoms with E-state index >= 15 is 0 Å². The van der Waals surface area contributed by atoms with E-state index in [2.05, 4.69) is 34.0 Å². The highest BCUT2D eigenvalue weighted by atomic mass is 16.2. The summed E-state index contributed by atoms with van der Waals surface area (Å²) in [5.41, 5.74) is 0.322. The van der Waals surface area contributed by atoms with E-state index < -0.39 is 16.2 Å². The highest BCUT2D eigenvalue weighted by molar-refractivity contribution is 6.03. The molecule has 1 saturated heterocycles. The summed E-state index contributed by atoms with van der Waals surface area (Å²) in [6.07, 6.45) is 5.33. The van der Waals surface area contributed by atoms with Crippen molar-refractivity contribution in [2.75, 3.05) is 0 Å². The van der Waals surface area contributed by atoms with Crippen LogP contribution in [0.5, 0.6) is 0 Å². The van der Waals surface area contributed by atoms with Crippen LogP contribution in [0.2, 0.25) is 0 Å². The second-order valence-corrected chi connectivity index (χ2v) is 8.90. The van der Waals surface area contributed by atoms with Gasteiger partial charge in [0, 0.05) is 39.8 Å². The predicted molar refractivity (Wildman–Crippen MR) is 106 cm³/mol. The largest absolute Gasteiger partial charge is 0.296 e. The number of fused-ring (bicyclic) bond motifs is 2. The first kappa shape index (κ1) is 18.4. The molecule has 4 rings (SSSR count). The molecule has 142 valence electrons. The van der Waals surface area contributed by atoms with E-state index in [1.165, 1.54) is 0 Å². The molecule has 1 N–H and O–H groups in total. The summed E-state index contributed by atoms with van der Waals surface area (Å²) in [6.45, 7) is 5.95. The summed E-state index contributed by atoms with van der Waals surface area (Å²) in [4.78, 5) is 33.4. The fourth-order valence-corrected chi connectivity index (χ4v) is 4.96. The zero-order valence-electron chi connectivity index (χ0n) is 16.4. The van der Waals surface area contributed by atoms with Crippen LogP contribution in [0, 0.1) is 28.1 Å². The van der Waals surface area contributed by atoms with Crippen LogP contribution < -0.4 is 5.32 Å². The Morgan fingerprint density at radius 3 is 2.04 bits per heavy atom. The molecule has 1 saturated carbocycles. The average molecular weight is 373 g/mol. The third kappa shape index (κ3) is 3.20. The summed E-state index contributed by atoms with van der Waals surface area (Å²) in [7, 11) is 0. The Bertz CT molecular complexity index is 976. The lowest BCUT2D eigenvalue weighted by atomic mass is 9.52. The SMILES string of the molecule is CC1(C#Cc2ccc(-c3ncccn3)cc2)CC2(C)CC(C)(C1)C(=O)NC2=O. The van der Waals surface area contributed by atoms with Crippen LogP contribution in [0.4, 0.5) is 0 Å². The zero-order valence-corrected chi connectivity index (χ0v) is 16.4. The van der Waals surface area contributed by atoms with Crippen molar-refractivity contribution in [3.63, 3.8) is 0 Å². The van der Waals surface area contributed by atoms with Crippen LogP contribution >= 0.6 is 0 Å². The molecule has 1 aliphatic carbocycles. The minimum atomic E-state index is -0.557. The molecule has 2 atom stereocenters. The fourth-order valence-electron chi connectivity index (χ4n) is 4.96. The van der Waals surface area contributed by atoms with Gasteiger partial charge in [0.05, 0.1) is 0 Å². The highest BCUT2D eigenvalue weighted by Crippen LogP contribution is 2.56. The number of carbonyl (C=O) groups excluding carboxylic acids is 2. The molecule has 2 amide bonds. The number of nitrogens with zero attached hydrogens (tertiary/aromatic N) is 2. The molecule has 1 aromatic carbocycles. The third-order valence-corrected chi connectivity index (χ3v) is 5.88. The number of piperidine rings is 1. The van der Waals surface area contributed by atoms with E-state index in [1.807, 2.05) is 38.1 Å². The Hall–Kier alpha value is -3.00. The number of hydrogen-bond donors (Lipinski definition) is 1. The number of amides is 2. The summed E-state index contributed by atoms with van der Waals surface area (Å²) in [6, 6.07) is 9.60.